The van der Waals surface area contributed by atoms with E-state index < -0.39 is 30.2 Å². The molecule has 1 amide bonds. The molecule has 2 aromatic rings. The number of carbonyl (C=O) groups is 3. The number of aliphatic hydroxyl groups is 3. The van der Waals surface area contributed by atoms with E-state index in [0.29, 0.717) is 72.8 Å². The maximum atomic E-state index is 13.2. The van der Waals surface area contributed by atoms with Gasteiger partial charge in [-0.1, -0.05) is 26.8 Å². The lowest BCUT2D eigenvalue weighted by Crippen LogP contribution is -2.62. The molecule has 14 nitrogen and oxygen atoms in total. The van der Waals surface area contributed by atoms with Gasteiger partial charge in [-0.05, 0) is 171 Å². The van der Waals surface area contributed by atoms with Crippen molar-refractivity contribution in [3.63, 3.8) is 0 Å². The van der Waals surface area contributed by atoms with Gasteiger partial charge in [0.2, 0.25) is 5.91 Å². The summed E-state index contributed by atoms with van der Waals surface area (Å²) in [5.41, 5.74) is 1.38. The molecule has 354 valence electrons. The van der Waals surface area contributed by atoms with Gasteiger partial charge in [-0.15, -0.1) is 0 Å². The van der Waals surface area contributed by atoms with Crippen molar-refractivity contribution in [2.45, 2.75) is 122 Å². The molecule has 4 fully saturated rings. The number of unbranched alkanes of at least 4 members (excludes halogenated alkanes) is 1. The number of rotatable bonds is 14. The van der Waals surface area contributed by atoms with Crippen LogP contribution in [-0.2, 0) is 9.59 Å². The molecule has 6 aliphatic rings. The standard InChI is InChI=1S/C51H63N3O11S/c1-26(36-14-15-37-46-38(25-43(59)51(36,37)3)50(2)18-17-31(57)20-27(50)21-40(46)58)7-16-44(60)54-39(48(63)64)6-4-5-19-52-49(66)53-28-8-11-32(35(22-28)47(61)62)45-33-12-9-29(55)23-41(33)65-42-24-30(56)10-13-34(42)45/h8-13,22-24,26-27,31,36-40,43,46,55,57-59H,4-7,14-21,25H2,1-3H3,(H,54,60)(H,61,62)(H,63,64)(H2,52,53,66)/t26-,27?,31-,36?,37?,38?,39+,40-,43+,46?,50+,51-/m1/s1. The Hall–Kier alpha value is -5.09. The number of amides is 1. The molecule has 8 rings (SSSR count). The number of hydrogen-bond acceptors (Lipinski definition) is 10. The van der Waals surface area contributed by atoms with E-state index in [1.807, 2.05) is 0 Å². The SMILES string of the molecule is C[C@H](CCC(=O)N[C@@H](CCCCNC(=S)Nc1ccc(-c2c3ccc(=O)cc-3oc3cc(O)ccc23)c(C(=O)O)c1)C(=O)O)C1CCC2C3C(C[C@H](O)[C@@]21C)[C@@]1(C)CC[C@@H](O)CC1C[C@H]3O. The highest BCUT2D eigenvalue weighted by Crippen LogP contribution is 2.68. The number of aliphatic carboxylic acids is 1. The van der Waals surface area contributed by atoms with E-state index in [2.05, 4.69) is 36.7 Å². The number of anilines is 1. The predicted octanol–water partition coefficient (Wildman–Crippen LogP) is 7.37. The van der Waals surface area contributed by atoms with Gasteiger partial charge in [-0.2, -0.15) is 0 Å². The van der Waals surface area contributed by atoms with E-state index >= 15 is 0 Å². The molecule has 12 atom stereocenters. The zero-order valence-corrected chi connectivity index (χ0v) is 38.6. The van der Waals surface area contributed by atoms with Crippen molar-refractivity contribution in [3.8, 4) is 28.2 Å². The number of hydrogen-bond donors (Lipinski definition) is 9. The Kier molecular flexibility index (Phi) is 13.6. The Labute approximate surface area is 389 Å². The summed E-state index contributed by atoms with van der Waals surface area (Å²) in [6.45, 7) is 7.04. The van der Waals surface area contributed by atoms with E-state index in [0.717, 1.165) is 25.7 Å². The van der Waals surface area contributed by atoms with Crippen molar-refractivity contribution in [1.82, 2.24) is 10.6 Å². The monoisotopic (exact) mass is 925 g/mol. The summed E-state index contributed by atoms with van der Waals surface area (Å²) in [5, 5.41) is 74.0. The molecule has 66 heavy (non-hydrogen) atoms. The number of fused-ring (bicyclic) bond motifs is 7. The fourth-order valence-electron chi connectivity index (χ4n) is 13.2. The quantitative estimate of drug-likeness (QED) is 0.0341. The van der Waals surface area contributed by atoms with Gasteiger partial charge in [0.1, 0.15) is 23.1 Å². The molecule has 0 aromatic heterocycles. The van der Waals surface area contributed by atoms with Crippen LogP contribution in [-0.4, -0.2) is 84.5 Å². The summed E-state index contributed by atoms with van der Waals surface area (Å²) in [6, 6.07) is 12.5. The smallest absolute Gasteiger partial charge is 0.336 e. The maximum absolute atomic E-state index is 13.2. The largest absolute Gasteiger partial charge is 0.508 e. The summed E-state index contributed by atoms with van der Waals surface area (Å²) in [7, 11) is 0. The fraction of sp³-hybridized carbons (Fsp3) is 0.549. The van der Waals surface area contributed by atoms with Crippen molar-refractivity contribution in [2.75, 3.05) is 11.9 Å². The summed E-state index contributed by atoms with van der Waals surface area (Å²) >= 11 is 5.50. The second-order valence-corrected chi connectivity index (χ2v) is 20.7. The van der Waals surface area contributed by atoms with Gasteiger partial charge in [0.05, 0.1) is 23.9 Å². The molecule has 0 saturated heterocycles. The Morgan fingerprint density at radius 1 is 0.894 bits per heavy atom. The number of carboxylic acids is 2. The van der Waals surface area contributed by atoms with E-state index in [1.54, 1.807) is 24.3 Å². The van der Waals surface area contributed by atoms with Crippen LogP contribution in [0.2, 0.25) is 0 Å². The lowest BCUT2D eigenvalue weighted by atomic mass is 9.43. The zero-order chi connectivity index (χ0) is 47.2. The van der Waals surface area contributed by atoms with Crippen LogP contribution in [0.25, 0.3) is 33.4 Å². The van der Waals surface area contributed by atoms with Gasteiger partial charge >= 0.3 is 11.9 Å². The maximum Gasteiger partial charge on any atom is 0.336 e. The summed E-state index contributed by atoms with van der Waals surface area (Å²) in [6.07, 6.45) is 6.24. The number of benzene rings is 3. The van der Waals surface area contributed by atoms with E-state index in [4.69, 9.17) is 16.6 Å². The second kappa shape index (κ2) is 18.9. The average molecular weight is 926 g/mol. The van der Waals surface area contributed by atoms with Crippen molar-refractivity contribution in [1.29, 1.82) is 0 Å². The Bertz CT molecular complexity index is 2530. The Morgan fingerprint density at radius 2 is 1.67 bits per heavy atom. The number of carbonyl (C=O) groups excluding carboxylic acids is 1. The van der Waals surface area contributed by atoms with Crippen molar-refractivity contribution in [2.24, 2.45) is 46.3 Å². The topological polar surface area (TPSA) is 239 Å². The molecule has 0 bridgehead atoms. The number of nitrogens with one attached hydrogen (secondary N) is 3. The van der Waals surface area contributed by atoms with Crippen LogP contribution in [0.3, 0.4) is 0 Å². The highest BCUT2D eigenvalue weighted by Gasteiger charge is 2.65. The first-order valence-corrected chi connectivity index (χ1v) is 24.0. The first kappa shape index (κ1) is 47.4. The van der Waals surface area contributed by atoms with Crippen molar-refractivity contribution < 1.29 is 49.4 Å². The second-order valence-electron chi connectivity index (χ2n) is 20.3. The van der Waals surface area contributed by atoms with Crippen LogP contribution in [0.15, 0.2) is 63.8 Å². The summed E-state index contributed by atoms with van der Waals surface area (Å²) in [4.78, 5) is 50.2. The van der Waals surface area contributed by atoms with Crippen molar-refractivity contribution >= 4 is 51.8 Å². The lowest BCUT2D eigenvalue weighted by molar-refractivity contribution is -0.207. The van der Waals surface area contributed by atoms with Gasteiger partial charge < -0.3 is 51.0 Å². The Morgan fingerprint density at radius 3 is 2.42 bits per heavy atom. The molecule has 4 saturated carbocycles. The number of phenolic OH excluding ortho intramolecular Hbond substituents is 1. The number of aliphatic hydroxyl groups excluding tert-OH is 3. The van der Waals surface area contributed by atoms with Gasteiger partial charge in [0.15, 0.2) is 10.5 Å². The lowest BCUT2D eigenvalue weighted by Gasteiger charge is -2.63. The van der Waals surface area contributed by atoms with Gasteiger partial charge in [-0.25, -0.2) is 9.59 Å². The van der Waals surface area contributed by atoms with E-state index in [-0.39, 0.29) is 104 Å². The number of carboxylic acid groups (broad SMARTS) is 2. The van der Waals surface area contributed by atoms with Crippen LogP contribution < -0.4 is 21.4 Å². The summed E-state index contributed by atoms with van der Waals surface area (Å²) in [5.74, 6) is -1.43. The third-order valence-corrected chi connectivity index (χ3v) is 16.9. The number of aromatic carboxylic acids is 1. The van der Waals surface area contributed by atoms with Crippen molar-refractivity contribution in [3.05, 3.63) is 70.4 Å². The number of thiocarbonyl (C=S) groups is 1. The molecular weight excluding hydrogens is 863 g/mol. The molecular formula is C51H63N3O11S. The molecule has 1 heterocycles. The fourth-order valence-corrected chi connectivity index (χ4v) is 13.5. The highest BCUT2D eigenvalue weighted by molar-refractivity contribution is 7.80. The average Bonchev–Trinajstić information content (AvgIpc) is 3.63. The highest BCUT2D eigenvalue weighted by atomic mass is 32.1. The third-order valence-electron chi connectivity index (χ3n) is 16.6. The van der Waals surface area contributed by atoms with E-state index in [1.165, 1.54) is 30.3 Å². The predicted molar refractivity (Wildman–Crippen MR) is 253 cm³/mol. The number of aromatic hydroxyl groups is 1. The van der Waals surface area contributed by atoms with Gasteiger partial charge in [-0.3, -0.25) is 9.59 Å². The minimum Gasteiger partial charge on any atom is -0.508 e. The molecule has 15 heteroatoms. The molecule has 2 aromatic carbocycles. The van der Waals surface area contributed by atoms with Crippen LogP contribution in [0.4, 0.5) is 5.69 Å². The normalized spacial score (nSPS) is 30.1. The molecule has 0 radical (unpaired) electrons. The molecule has 1 aliphatic heterocycles. The minimum atomic E-state index is -1.20. The van der Waals surface area contributed by atoms with E-state index in [9.17, 15) is 49.8 Å². The van der Waals surface area contributed by atoms with Crippen LogP contribution in [0.5, 0.6) is 5.75 Å². The molecule has 0 spiro atoms. The van der Waals surface area contributed by atoms with Crippen LogP contribution >= 0.6 is 12.2 Å². The van der Waals surface area contributed by atoms with Gasteiger partial charge in [0.25, 0.3) is 0 Å². The number of phenols is 1. The Balaban J connectivity index is 0.814. The first-order chi connectivity index (χ1) is 31.4. The third kappa shape index (κ3) is 9.03. The summed E-state index contributed by atoms with van der Waals surface area (Å²) < 4.78 is 5.91. The van der Waals surface area contributed by atoms with Gasteiger partial charge in [0, 0.05) is 47.3 Å². The molecule has 5 aliphatic carbocycles. The first-order valence-electron chi connectivity index (χ1n) is 23.6. The zero-order valence-electron chi connectivity index (χ0n) is 37.8. The molecule has 9 N–H and O–H groups in total. The molecule has 5 unspecified atom stereocenters. The minimum absolute atomic E-state index is 0.00554. The van der Waals surface area contributed by atoms with Crippen LogP contribution in [0.1, 0.15) is 108 Å². The van der Waals surface area contributed by atoms with Crippen LogP contribution in [0, 0.1) is 46.3 Å².